The smallest absolute Gasteiger partial charge is 0.161 e. The summed E-state index contributed by atoms with van der Waals surface area (Å²) in [6, 6.07) is 6.07. The average Bonchev–Trinajstić information content (AvgIpc) is 2.90. The molecule has 1 aliphatic heterocycles. The highest BCUT2D eigenvalue weighted by Gasteiger charge is 2.16. The maximum Gasteiger partial charge on any atom is 0.161 e. The Hall–Kier alpha value is -1.19. The summed E-state index contributed by atoms with van der Waals surface area (Å²) in [5, 5.41) is 3.34. The molecule has 4 heteroatoms. The van der Waals surface area contributed by atoms with E-state index in [4.69, 9.17) is 9.47 Å². The molecule has 1 aromatic carbocycles. The first-order chi connectivity index (χ1) is 8.83. The molecular formula is C15H22ClNO2. The molecule has 0 saturated carbocycles. The summed E-state index contributed by atoms with van der Waals surface area (Å²) < 4.78 is 11.2. The zero-order valence-corrected chi connectivity index (χ0v) is 12.2. The van der Waals surface area contributed by atoms with Crippen LogP contribution in [0.2, 0.25) is 0 Å². The SMILES string of the molecule is C=CCc1ccc(OCC2CCNC2)c(OC)c1.Cl. The van der Waals surface area contributed by atoms with Gasteiger partial charge in [-0.15, -0.1) is 19.0 Å². The summed E-state index contributed by atoms with van der Waals surface area (Å²) in [5.41, 5.74) is 1.19. The van der Waals surface area contributed by atoms with Crippen molar-refractivity contribution in [3.05, 3.63) is 36.4 Å². The summed E-state index contributed by atoms with van der Waals surface area (Å²) in [6.45, 7) is 6.65. The molecule has 1 aromatic rings. The summed E-state index contributed by atoms with van der Waals surface area (Å²) >= 11 is 0. The van der Waals surface area contributed by atoms with Crippen molar-refractivity contribution in [3.63, 3.8) is 0 Å². The van der Waals surface area contributed by atoms with Gasteiger partial charge in [-0.1, -0.05) is 12.1 Å². The summed E-state index contributed by atoms with van der Waals surface area (Å²) in [4.78, 5) is 0. The summed E-state index contributed by atoms with van der Waals surface area (Å²) in [6.07, 6.45) is 3.93. The minimum Gasteiger partial charge on any atom is -0.493 e. The van der Waals surface area contributed by atoms with Crippen LogP contribution in [0, 0.1) is 5.92 Å². The van der Waals surface area contributed by atoms with Crippen LogP contribution in [0.4, 0.5) is 0 Å². The molecule has 1 aliphatic rings. The second-order valence-electron chi connectivity index (χ2n) is 4.65. The van der Waals surface area contributed by atoms with E-state index in [1.807, 2.05) is 18.2 Å². The van der Waals surface area contributed by atoms with Gasteiger partial charge >= 0.3 is 0 Å². The van der Waals surface area contributed by atoms with Gasteiger partial charge in [-0.05, 0) is 37.1 Å². The first-order valence-electron chi connectivity index (χ1n) is 6.45. The zero-order chi connectivity index (χ0) is 12.8. The van der Waals surface area contributed by atoms with Gasteiger partial charge in [0, 0.05) is 12.5 Å². The molecule has 1 saturated heterocycles. The Morgan fingerprint density at radius 2 is 2.26 bits per heavy atom. The lowest BCUT2D eigenvalue weighted by molar-refractivity contribution is 0.247. The minimum atomic E-state index is 0. The second-order valence-corrected chi connectivity index (χ2v) is 4.65. The molecule has 0 radical (unpaired) electrons. The quantitative estimate of drug-likeness (QED) is 0.815. The van der Waals surface area contributed by atoms with Crippen LogP contribution in [0.15, 0.2) is 30.9 Å². The number of rotatable bonds is 6. The van der Waals surface area contributed by atoms with E-state index < -0.39 is 0 Å². The van der Waals surface area contributed by atoms with Crippen LogP contribution < -0.4 is 14.8 Å². The molecule has 1 atom stereocenters. The fraction of sp³-hybridized carbons (Fsp3) is 0.467. The van der Waals surface area contributed by atoms with Gasteiger partial charge in [0.1, 0.15) is 0 Å². The van der Waals surface area contributed by atoms with Crippen molar-refractivity contribution in [3.8, 4) is 11.5 Å². The third-order valence-electron chi connectivity index (χ3n) is 3.24. The molecular weight excluding hydrogens is 262 g/mol. The van der Waals surface area contributed by atoms with E-state index in [1.54, 1.807) is 7.11 Å². The molecule has 1 heterocycles. The standard InChI is InChI=1S/C15H21NO2.ClH/c1-3-4-12-5-6-14(15(9-12)17-2)18-11-13-7-8-16-10-13;/h3,5-6,9,13,16H,1,4,7-8,10-11H2,2H3;1H. The molecule has 0 aliphatic carbocycles. The Kier molecular flexibility index (Phi) is 6.74. The monoisotopic (exact) mass is 283 g/mol. The normalized spacial score (nSPS) is 17.6. The summed E-state index contributed by atoms with van der Waals surface area (Å²) in [7, 11) is 1.68. The van der Waals surface area contributed by atoms with Gasteiger partial charge in [0.25, 0.3) is 0 Å². The molecule has 2 rings (SSSR count). The number of nitrogens with one attached hydrogen (secondary N) is 1. The summed E-state index contributed by atoms with van der Waals surface area (Å²) in [5.74, 6) is 2.25. The number of methoxy groups -OCH3 is 1. The molecule has 106 valence electrons. The van der Waals surface area contributed by atoms with E-state index in [1.165, 1.54) is 12.0 Å². The fourth-order valence-corrected chi connectivity index (χ4v) is 2.19. The molecule has 3 nitrogen and oxygen atoms in total. The first kappa shape index (κ1) is 15.9. The number of benzene rings is 1. The van der Waals surface area contributed by atoms with Gasteiger partial charge in [0.15, 0.2) is 11.5 Å². The molecule has 0 bridgehead atoms. The van der Waals surface area contributed by atoms with Gasteiger partial charge in [-0.2, -0.15) is 0 Å². The van der Waals surface area contributed by atoms with Crippen LogP contribution in [0.1, 0.15) is 12.0 Å². The lowest BCUT2D eigenvalue weighted by Crippen LogP contribution is -2.15. The van der Waals surface area contributed by atoms with Gasteiger partial charge in [0.05, 0.1) is 13.7 Å². The molecule has 1 N–H and O–H groups in total. The third kappa shape index (κ3) is 4.44. The Morgan fingerprint density at radius 3 is 2.89 bits per heavy atom. The van der Waals surface area contributed by atoms with E-state index in [0.717, 1.165) is 37.6 Å². The van der Waals surface area contributed by atoms with E-state index in [9.17, 15) is 0 Å². The van der Waals surface area contributed by atoms with Gasteiger partial charge in [-0.25, -0.2) is 0 Å². The number of allylic oxidation sites excluding steroid dienone is 1. The number of hydrogen-bond donors (Lipinski definition) is 1. The molecule has 0 aromatic heterocycles. The zero-order valence-electron chi connectivity index (χ0n) is 11.4. The van der Waals surface area contributed by atoms with Crippen molar-refractivity contribution < 1.29 is 9.47 Å². The van der Waals surface area contributed by atoms with Gasteiger partial charge in [-0.3, -0.25) is 0 Å². The van der Waals surface area contributed by atoms with E-state index in [2.05, 4.69) is 18.0 Å². The molecule has 0 spiro atoms. The Labute approximate surface area is 121 Å². The van der Waals surface area contributed by atoms with Crippen LogP contribution in [0.5, 0.6) is 11.5 Å². The fourth-order valence-electron chi connectivity index (χ4n) is 2.19. The Bertz CT molecular complexity index is 403. The van der Waals surface area contributed by atoms with Crippen molar-refractivity contribution in [1.29, 1.82) is 0 Å². The third-order valence-corrected chi connectivity index (χ3v) is 3.24. The van der Waals surface area contributed by atoms with E-state index in [-0.39, 0.29) is 12.4 Å². The highest BCUT2D eigenvalue weighted by atomic mass is 35.5. The molecule has 19 heavy (non-hydrogen) atoms. The van der Waals surface area contributed by atoms with Crippen molar-refractivity contribution in [2.75, 3.05) is 26.8 Å². The number of hydrogen-bond acceptors (Lipinski definition) is 3. The largest absolute Gasteiger partial charge is 0.493 e. The number of halogens is 1. The minimum absolute atomic E-state index is 0. The lowest BCUT2D eigenvalue weighted by atomic mass is 10.1. The van der Waals surface area contributed by atoms with Gasteiger partial charge < -0.3 is 14.8 Å². The van der Waals surface area contributed by atoms with E-state index >= 15 is 0 Å². The van der Waals surface area contributed by atoms with Crippen LogP contribution >= 0.6 is 12.4 Å². The van der Waals surface area contributed by atoms with Gasteiger partial charge in [0.2, 0.25) is 0 Å². The van der Waals surface area contributed by atoms with Crippen molar-refractivity contribution in [1.82, 2.24) is 5.32 Å². The van der Waals surface area contributed by atoms with Crippen molar-refractivity contribution >= 4 is 12.4 Å². The lowest BCUT2D eigenvalue weighted by Gasteiger charge is -2.14. The highest BCUT2D eigenvalue weighted by molar-refractivity contribution is 5.85. The van der Waals surface area contributed by atoms with Crippen LogP contribution in [0.25, 0.3) is 0 Å². The maximum absolute atomic E-state index is 5.85. The Balaban J connectivity index is 0.00000180. The molecule has 1 unspecified atom stereocenters. The van der Waals surface area contributed by atoms with Crippen LogP contribution in [0.3, 0.4) is 0 Å². The predicted octanol–water partition coefficient (Wildman–Crippen LogP) is 2.83. The predicted molar refractivity (Wildman–Crippen MR) is 80.6 cm³/mol. The highest BCUT2D eigenvalue weighted by Crippen LogP contribution is 2.29. The van der Waals surface area contributed by atoms with Crippen LogP contribution in [-0.2, 0) is 6.42 Å². The molecule has 1 fully saturated rings. The number of ether oxygens (including phenoxy) is 2. The molecule has 0 amide bonds. The topological polar surface area (TPSA) is 30.5 Å². The van der Waals surface area contributed by atoms with Crippen molar-refractivity contribution in [2.45, 2.75) is 12.8 Å². The van der Waals surface area contributed by atoms with E-state index in [0.29, 0.717) is 5.92 Å². The first-order valence-corrected chi connectivity index (χ1v) is 6.45. The van der Waals surface area contributed by atoms with Crippen molar-refractivity contribution in [2.24, 2.45) is 5.92 Å². The average molecular weight is 284 g/mol. The Morgan fingerprint density at radius 1 is 1.42 bits per heavy atom. The van der Waals surface area contributed by atoms with Crippen LogP contribution in [-0.4, -0.2) is 26.8 Å². The second kappa shape index (κ2) is 8.08. The maximum atomic E-state index is 5.85.